The van der Waals surface area contributed by atoms with Gasteiger partial charge in [0.2, 0.25) is 5.17 Å². The number of aryl methyl sites for hydroxylation is 1. The number of benzene rings is 3. The lowest BCUT2D eigenvalue weighted by molar-refractivity contribution is -0.114. The molecule has 192 valence electrons. The number of halogens is 3. The number of hydrogen-bond donors (Lipinski definition) is 1. The van der Waals surface area contributed by atoms with E-state index in [0.717, 1.165) is 11.3 Å². The molecule has 0 bridgehead atoms. The molecule has 3 aromatic carbocycles. The van der Waals surface area contributed by atoms with Crippen molar-refractivity contribution < 1.29 is 14.3 Å². The van der Waals surface area contributed by atoms with Gasteiger partial charge in [-0.05, 0) is 60.7 Å². The number of carbonyl (C=O) groups is 1. The second kappa shape index (κ2) is 11.2. The van der Waals surface area contributed by atoms with Crippen molar-refractivity contribution in [2.24, 2.45) is 10.1 Å². The van der Waals surface area contributed by atoms with E-state index < -0.39 is 5.91 Å². The molecule has 0 aliphatic carbocycles. The highest BCUT2D eigenvalue weighted by Gasteiger charge is 2.36. The first-order valence-electron chi connectivity index (χ1n) is 11.4. The van der Waals surface area contributed by atoms with Gasteiger partial charge >= 0.3 is 0 Å². The van der Waals surface area contributed by atoms with Crippen LogP contribution < -0.4 is 9.47 Å². The molecule has 0 radical (unpaired) electrons. The number of thioether (sulfide) groups is 1. The van der Waals surface area contributed by atoms with E-state index in [1.165, 1.54) is 22.8 Å². The lowest BCUT2D eigenvalue weighted by Crippen LogP contribution is -2.35. The Labute approximate surface area is 238 Å². The summed E-state index contributed by atoms with van der Waals surface area (Å²) in [4.78, 5) is 16.9. The third-order valence-electron chi connectivity index (χ3n) is 5.51. The van der Waals surface area contributed by atoms with Crippen molar-refractivity contribution in [1.82, 2.24) is 5.01 Å². The largest absolute Gasteiger partial charge is 0.490 e. The van der Waals surface area contributed by atoms with Crippen LogP contribution in [0.3, 0.4) is 0 Å². The normalized spacial score (nSPS) is 15.9. The molecule has 0 saturated heterocycles. The molecular weight excluding hydrogens is 567 g/mol. The lowest BCUT2D eigenvalue weighted by Gasteiger charge is -2.20. The van der Waals surface area contributed by atoms with E-state index in [1.54, 1.807) is 18.2 Å². The van der Waals surface area contributed by atoms with Gasteiger partial charge < -0.3 is 9.47 Å². The number of fused-ring (bicyclic) bond motifs is 1. The SMILES string of the molecule is Cc1ccc(OCCOc2c(Cl)cc(/C=C3/C(=N)N4N=C(c5ccccc5Cl)SC4=NC3=O)cc2Cl)cc1. The van der Waals surface area contributed by atoms with Gasteiger partial charge in [-0.3, -0.25) is 10.2 Å². The van der Waals surface area contributed by atoms with Gasteiger partial charge in [-0.2, -0.15) is 15.1 Å². The van der Waals surface area contributed by atoms with Gasteiger partial charge in [0.1, 0.15) is 24.0 Å². The van der Waals surface area contributed by atoms with Crippen LogP contribution in [0.5, 0.6) is 11.5 Å². The molecule has 2 aliphatic heterocycles. The van der Waals surface area contributed by atoms with Crippen LogP contribution in [0.2, 0.25) is 15.1 Å². The third kappa shape index (κ3) is 5.59. The molecule has 3 aromatic rings. The Hall–Kier alpha value is -3.30. The molecule has 11 heteroatoms. The van der Waals surface area contributed by atoms with Crippen molar-refractivity contribution in [1.29, 1.82) is 5.41 Å². The first-order valence-corrected chi connectivity index (χ1v) is 13.3. The lowest BCUT2D eigenvalue weighted by atomic mass is 10.1. The number of hydrogen-bond acceptors (Lipinski definition) is 6. The molecular formula is C27H19Cl3N4O3S. The fourth-order valence-corrected chi connectivity index (χ4v) is 5.47. The van der Waals surface area contributed by atoms with E-state index in [1.807, 2.05) is 49.4 Å². The molecule has 1 amide bonds. The first kappa shape index (κ1) is 26.3. The molecule has 0 saturated carbocycles. The molecule has 1 N–H and O–H groups in total. The molecule has 2 heterocycles. The maximum absolute atomic E-state index is 12.8. The molecule has 0 spiro atoms. The summed E-state index contributed by atoms with van der Waals surface area (Å²) in [5.74, 6) is 0.363. The Morgan fingerprint density at radius 2 is 1.66 bits per heavy atom. The Morgan fingerprint density at radius 1 is 0.974 bits per heavy atom. The maximum atomic E-state index is 12.8. The summed E-state index contributed by atoms with van der Waals surface area (Å²) in [6, 6.07) is 18.1. The van der Waals surface area contributed by atoms with E-state index in [9.17, 15) is 4.79 Å². The zero-order valence-electron chi connectivity index (χ0n) is 19.9. The highest BCUT2D eigenvalue weighted by atomic mass is 35.5. The van der Waals surface area contributed by atoms with Crippen LogP contribution in [-0.2, 0) is 4.79 Å². The average molecular weight is 586 g/mol. The van der Waals surface area contributed by atoms with Crippen LogP contribution in [0.15, 0.2) is 76.3 Å². The van der Waals surface area contributed by atoms with Crippen LogP contribution in [0, 0.1) is 12.3 Å². The minimum atomic E-state index is -0.565. The molecule has 7 nitrogen and oxygen atoms in total. The number of carbonyl (C=O) groups excluding carboxylic acids is 1. The zero-order valence-corrected chi connectivity index (χ0v) is 23.0. The first-order chi connectivity index (χ1) is 18.3. The predicted molar refractivity (Wildman–Crippen MR) is 154 cm³/mol. The number of nitrogens with one attached hydrogen (secondary N) is 1. The Kier molecular flexibility index (Phi) is 7.76. The number of rotatable bonds is 7. The second-order valence-electron chi connectivity index (χ2n) is 8.23. The molecule has 5 rings (SSSR count). The smallest absolute Gasteiger partial charge is 0.283 e. The standard InChI is InChI=1S/C27H19Cl3N4O3S/c1-15-6-8-17(9-7-15)36-10-11-37-23-21(29)13-16(14-22(23)30)12-19-24(31)34-27(32-25(19)35)38-26(33-34)18-4-2-3-5-20(18)28/h2-9,12-14,31H,10-11H2,1H3/b19-12-,31-24?. The van der Waals surface area contributed by atoms with Crippen molar-refractivity contribution >= 4 is 74.6 Å². The Morgan fingerprint density at radius 3 is 2.37 bits per heavy atom. The van der Waals surface area contributed by atoms with Gasteiger partial charge in [-0.15, -0.1) is 0 Å². The molecule has 0 unspecified atom stereocenters. The molecule has 2 aliphatic rings. The summed E-state index contributed by atoms with van der Waals surface area (Å²) in [6.45, 7) is 2.54. The van der Waals surface area contributed by atoms with Gasteiger partial charge in [0.25, 0.3) is 5.91 Å². The van der Waals surface area contributed by atoms with Crippen molar-refractivity contribution in [3.63, 3.8) is 0 Å². The summed E-state index contributed by atoms with van der Waals surface area (Å²) in [7, 11) is 0. The number of amidine groups is 2. The third-order valence-corrected chi connectivity index (χ3v) is 7.34. The van der Waals surface area contributed by atoms with Crippen molar-refractivity contribution in [3.05, 3.63) is 98.0 Å². The summed E-state index contributed by atoms with van der Waals surface area (Å²) < 4.78 is 11.4. The number of aliphatic imine (C=N–C) groups is 1. The van der Waals surface area contributed by atoms with Crippen LogP contribution in [-0.4, -0.2) is 40.2 Å². The minimum absolute atomic E-state index is 0.0470. The maximum Gasteiger partial charge on any atom is 0.283 e. The number of amides is 1. The van der Waals surface area contributed by atoms with Gasteiger partial charge in [-0.1, -0.05) is 70.7 Å². The van der Waals surface area contributed by atoms with E-state index in [4.69, 9.17) is 49.7 Å². The van der Waals surface area contributed by atoms with Gasteiger partial charge in [0.05, 0.1) is 20.6 Å². The highest BCUT2D eigenvalue weighted by molar-refractivity contribution is 8.27. The van der Waals surface area contributed by atoms with Crippen molar-refractivity contribution in [2.45, 2.75) is 6.92 Å². The Bertz CT molecular complexity index is 1510. The van der Waals surface area contributed by atoms with Crippen LogP contribution in [0.4, 0.5) is 0 Å². The molecule has 38 heavy (non-hydrogen) atoms. The van der Waals surface area contributed by atoms with E-state index in [-0.39, 0.29) is 28.1 Å². The summed E-state index contributed by atoms with van der Waals surface area (Å²) in [5, 5.41) is 16.2. The summed E-state index contributed by atoms with van der Waals surface area (Å²) >= 11 is 20.3. The zero-order chi connectivity index (χ0) is 26.8. The predicted octanol–water partition coefficient (Wildman–Crippen LogP) is 7.08. The fraction of sp³-hybridized carbons (Fsp3) is 0.111. The molecule has 0 fully saturated rings. The van der Waals surface area contributed by atoms with E-state index in [0.29, 0.717) is 38.7 Å². The number of nitrogens with zero attached hydrogens (tertiary/aromatic N) is 3. The number of ether oxygens (including phenoxy) is 2. The number of hydrazone groups is 1. The van der Waals surface area contributed by atoms with Crippen LogP contribution >= 0.6 is 46.6 Å². The van der Waals surface area contributed by atoms with Gasteiger partial charge in [0.15, 0.2) is 11.6 Å². The summed E-state index contributed by atoms with van der Waals surface area (Å²) in [6.07, 6.45) is 1.50. The highest BCUT2D eigenvalue weighted by Crippen LogP contribution is 2.36. The van der Waals surface area contributed by atoms with Crippen molar-refractivity contribution in [2.75, 3.05) is 13.2 Å². The van der Waals surface area contributed by atoms with Crippen LogP contribution in [0.1, 0.15) is 16.7 Å². The van der Waals surface area contributed by atoms with Gasteiger partial charge in [-0.25, -0.2) is 0 Å². The van der Waals surface area contributed by atoms with E-state index >= 15 is 0 Å². The minimum Gasteiger partial charge on any atom is -0.490 e. The van der Waals surface area contributed by atoms with Crippen molar-refractivity contribution in [3.8, 4) is 11.5 Å². The summed E-state index contributed by atoms with van der Waals surface area (Å²) in [5.41, 5.74) is 2.40. The monoisotopic (exact) mass is 584 g/mol. The van der Waals surface area contributed by atoms with Gasteiger partial charge in [0, 0.05) is 5.56 Å². The quantitative estimate of drug-likeness (QED) is 0.236. The van der Waals surface area contributed by atoms with Crippen LogP contribution in [0.25, 0.3) is 6.08 Å². The second-order valence-corrected chi connectivity index (χ2v) is 10.4. The molecule has 0 aromatic heterocycles. The average Bonchev–Trinajstić information content (AvgIpc) is 3.31. The molecule has 0 atom stereocenters. The van der Waals surface area contributed by atoms with E-state index in [2.05, 4.69) is 10.1 Å². The Balaban J connectivity index is 1.30. The topological polar surface area (TPSA) is 87.3 Å². The fourth-order valence-electron chi connectivity index (χ4n) is 3.64.